The Bertz CT molecular complexity index is 1210. The molecule has 1 saturated heterocycles. The molecule has 10 heteroatoms. The molecule has 0 aliphatic carbocycles. The predicted octanol–water partition coefficient (Wildman–Crippen LogP) is 2.77. The van der Waals surface area contributed by atoms with Crippen molar-refractivity contribution in [2.45, 2.75) is 23.8 Å². The summed E-state index contributed by atoms with van der Waals surface area (Å²) in [4.78, 5) is 14.2. The van der Waals surface area contributed by atoms with E-state index in [0.717, 1.165) is 15.9 Å². The van der Waals surface area contributed by atoms with E-state index in [9.17, 15) is 26.4 Å². The highest BCUT2D eigenvalue weighted by molar-refractivity contribution is 7.89. The maximum atomic E-state index is 14.0. The molecule has 0 saturated carbocycles. The van der Waals surface area contributed by atoms with Gasteiger partial charge in [0.25, 0.3) is 0 Å². The number of fused-ring (bicyclic) bond motifs is 1. The number of aromatic amines is 1. The number of hydrogen-bond acceptors (Lipinski definition) is 3. The first kappa shape index (κ1) is 18.8. The number of hydrogen-bond donors (Lipinski definition) is 1. The molecule has 0 atom stereocenters. The minimum atomic E-state index is -4.32. The largest absolute Gasteiger partial charge is 0.326 e. The predicted molar refractivity (Wildman–Crippen MR) is 95.9 cm³/mol. The SMILES string of the molecule is O=c1[nH]c2ccccc2n1C1CCN(S(=O)(=O)c2ccc(F)c(F)c2F)CC1. The molecule has 4 rings (SSSR count). The third kappa shape index (κ3) is 2.92. The van der Waals surface area contributed by atoms with Crippen LogP contribution in [0.1, 0.15) is 18.9 Å². The molecule has 1 fully saturated rings. The van der Waals surface area contributed by atoms with Gasteiger partial charge in [0.1, 0.15) is 4.90 Å². The van der Waals surface area contributed by atoms with Crippen LogP contribution in [0.5, 0.6) is 0 Å². The summed E-state index contributed by atoms with van der Waals surface area (Å²) in [5.41, 5.74) is 1.13. The Morgan fingerprint density at radius 1 is 0.964 bits per heavy atom. The van der Waals surface area contributed by atoms with Gasteiger partial charge in [-0.05, 0) is 37.1 Å². The molecule has 1 aliphatic heterocycles. The molecule has 3 aromatic rings. The van der Waals surface area contributed by atoms with Gasteiger partial charge in [-0.25, -0.2) is 26.4 Å². The van der Waals surface area contributed by atoms with E-state index in [4.69, 9.17) is 0 Å². The van der Waals surface area contributed by atoms with Gasteiger partial charge in [-0.1, -0.05) is 12.1 Å². The van der Waals surface area contributed by atoms with Gasteiger partial charge in [-0.3, -0.25) is 4.57 Å². The molecule has 1 N–H and O–H groups in total. The monoisotopic (exact) mass is 411 g/mol. The van der Waals surface area contributed by atoms with E-state index in [1.165, 1.54) is 0 Å². The molecular formula is C18H16F3N3O3S. The van der Waals surface area contributed by atoms with Gasteiger partial charge in [-0.2, -0.15) is 4.31 Å². The van der Waals surface area contributed by atoms with Gasteiger partial charge in [-0.15, -0.1) is 0 Å². The average molecular weight is 411 g/mol. The average Bonchev–Trinajstić information content (AvgIpc) is 3.01. The fraction of sp³-hybridized carbons (Fsp3) is 0.278. The number of nitrogens with zero attached hydrogens (tertiary/aromatic N) is 2. The number of H-pyrrole nitrogens is 1. The second kappa shape index (κ2) is 6.78. The molecule has 1 aliphatic rings. The maximum Gasteiger partial charge on any atom is 0.326 e. The van der Waals surface area contributed by atoms with E-state index in [0.29, 0.717) is 24.4 Å². The van der Waals surface area contributed by atoms with Crippen molar-refractivity contribution in [3.8, 4) is 0 Å². The molecular weight excluding hydrogens is 395 g/mol. The zero-order valence-electron chi connectivity index (χ0n) is 14.5. The number of nitrogens with one attached hydrogen (secondary N) is 1. The minimum Gasteiger partial charge on any atom is -0.306 e. The third-order valence-corrected chi connectivity index (χ3v) is 6.95. The highest BCUT2D eigenvalue weighted by atomic mass is 32.2. The summed E-state index contributed by atoms with van der Waals surface area (Å²) in [6.45, 7) is 0.0504. The fourth-order valence-electron chi connectivity index (χ4n) is 3.62. The maximum absolute atomic E-state index is 14.0. The number of sulfonamides is 1. The first-order chi connectivity index (χ1) is 13.3. The third-order valence-electron chi connectivity index (χ3n) is 5.03. The second-order valence-corrected chi connectivity index (χ2v) is 8.53. The molecule has 148 valence electrons. The van der Waals surface area contributed by atoms with Crippen molar-refractivity contribution >= 4 is 21.1 Å². The highest BCUT2D eigenvalue weighted by Crippen LogP contribution is 2.30. The van der Waals surface area contributed by atoms with Gasteiger partial charge in [0.2, 0.25) is 10.0 Å². The molecule has 6 nitrogen and oxygen atoms in total. The van der Waals surface area contributed by atoms with E-state index in [1.54, 1.807) is 28.8 Å². The molecule has 0 unspecified atom stereocenters. The first-order valence-corrected chi connectivity index (χ1v) is 10.1. The quantitative estimate of drug-likeness (QED) is 0.674. The van der Waals surface area contributed by atoms with Crippen molar-refractivity contribution in [3.05, 3.63) is 64.3 Å². The van der Waals surface area contributed by atoms with Crippen LogP contribution < -0.4 is 5.69 Å². The zero-order chi connectivity index (χ0) is 20.1. The Kier molecular flexibility index (Phi) is 4.54. The Hall–Kier alpha value is -2.59. The van der Waals surface area contributed by atoms with Crippen LogP contribution in [0.3, 0.4) is 0 Å². The Morgan fingerprint density at radius 2 is 1.64 bits per heavy atom. The lowest BCUT2D eigenvalue weighted by Gasteiger charge is -2.31. The Balaban J connectivity index is 1.60. The van der Waals surface area contributed by atoms with Crippen molar-refractivity contribution in [1.82, 2.24) is 13.9 Å². The smallest absolute Gasteiger partial charge is 0.306 e. The molecule has 1 aromatic heterocycles. The van der Waals surface area contributed by atoms with Gasteiger partial charge >= 0.3 is 5.69 Å². The van der Waals surface area contributed by atoms with Crippen LogP contribution in [0.4, 0.5) is 13.2 Å². The van der Waals surface area contributed by atoms with E-state index in [2.05, 4.69) is 4.98 Å². The van der Waals surface area contributed by atoms with Crippen molar-refractivity contribution < 1.29 is 21.6 Å². The number of halogens is 3. The number of imidazole rings is 1. The highest BCUT2D eigenvalue weighted by Gasteiger charge is 2.34. The van der Waals surface area contributed by atoms with Gasteiger partial charge < -0.3 is 4.98 Å². The molecule has 0 amide bonds. The van der Waals surface area contributed by atoms with Crippen LogP contribution in [0, 0.1) is 17.5 Å². The number of benzene rings is 2. The lowest BCUT2D eigenvalue weighted by atomic mass is 10.1. The van der Waals surface area contributed by atoms with Crippen LogP contribution >= 0.6 is 0 Å². The standard InChI is InChI=1S/C18H16F3N3O3S/c19-12-5-6-15(17(21)16(12)20)28(26,27)23-9-7-11(8-10-23)24-14-4-2-1-3-13(14)22-18(24)25/h1-6,11H,7-10H2,(H,22,25). The van der Waals surface area contributed by atoms with Crippen molar-refractivity contribution in [3.63, 3.8) is 0 Å². The lowest BCUT2D eigenvalue weighted by molar-refractivity contribution is 0.273. The molecule has 2 aromatic carbocycles. The molecule has 0 bridgehead atoms. The number of para-hydroxylation sites is 2. The second-order valence-electron chi connectivity index (χ2n) is 6.63. The van der Waals surface area contributed by atoms with Crippen LogP contribution in [-0.4, -0.2) is 35.4 Å². The summed E-state index contributed by atoms with van der Waals surface area (Å²) in [5, 5.41) is 0. The minimum absolute atomic E-state index is 0.0252. The van der Waals surface area contributed by atoms with E-state index in [-0.39, 0.29) is 24.8 Å². The van der Waals surface area contributed by atoms with Crippen molar-refractivity contribution in [2.24, 2.45) is 0 Å². The van der Waals surface area contributed by atoms with E-state index >= 15 is 0 Å². The number of rotatable bonds is 3. The summed E-state index contributed by atoms with van der Waals surface area (Å²) >= 11 is 0. The fourth-order valence-corrected chi connectivity index (χ4v) is 5.15. The van der Waals surface area contributed by atoms with E-state index < -0.39 is 32.4 Å². The van der Waals surface area contributed by atoms with Crippen LogP contribution in [0.25, 0.3) is 11.0 Å². The molecule has 0 radical (unpaired) electrons. The van der Waals surface area contributed by atoms with Crippen molar-refractivity contribution in [1.29, 1.82) is 0 Å². The van der Waals surface area contributed by atoms with Crippen LogP contribution in [0.2, 0.25) is 0 Å². The van der Waals surface area contributed by atoms with Gasteiger partial charge in [0, 0.05) is 19.1 Å². The Morgan fingerprint density at radius 3 is 2.36 bits per heavy atom. The number of piperidine rings is 1. The normalized spacial score (nSPS) is 16.7. The summed E-state index contributed by atoms with van der Waals surface area (Å²) in [7, 11) is -4.32. The summed E-state index contributed by atoms with van der Waals surface area (Å²) in [6.07, 6.45) is 0.651. The zero-order valence-corrected chi connectivity index (χ0v) is 15.3. The molecule has 28 heavy (non-hydrogen) atoms. The van der Waals surface area contributed by atoms with Gasteiger partial charge in [0.15, 0.2) is 17.5 Å². The van der Waals surface area contributed by atoms with Crippen LogP contribution in [0.15, 0.2) is 46.1 Å². The van der Waals surface area contributed by atoms with Crippen LogP contribution in [-0.2, 0) is 10.0 Å². The van der Waals surface area contributed by atoms with Crippen molar-refractivity contribution in [2.75, 3.05) is 13.1 Å². The lowest BCUT2D eigenvalue weighted by Crippen LogP contribution is -2.40. The molecule has 0 spiro atoms. The van der Waals surface area contributed by atoms with Gasteiger partial charge in [0.05, 0.1) is 11.0 Å². The van der Waals surface area contributed by atoms with E-state index in [1.807, 2.05) is 0 Å². The number of aromatic nitrogens is 2. The molecule has 2 heterocycles. The summed E-state index contributed by atoms with van der Waals surface area (Å²) < 4.78 is 68.5. The summed E-state index contributed by atoms with van der Waals surface area (Å²) in [5.74, 6) is -5.00. The summed E-state index contributed by atoms with van der Waals surface area (Å²) in [6, 6.07) is 8.25. The Labute approximate surface area is 158 Å². The topological polar surface area (TPSA) is 75.2 Å². The first-order valence-electron chi connectivity index (χ1n) is 8.63.